The fourth-order valence-electron chi connectivity index (χ4n) is 5.28. The topological polar surface area (TPSA) is 127 Å². The first-order valence-corrected chi connectivity index (χ1v) is 15.3. The molecule has 11 nitrogen and oxygen atoms in total. The predicted molar refractivity (Wildman–Crippen MR) is 171 cm³/mol. The van der Waals surface area contributed by atoms with Crippen LogP contribution in [0, 0.1) is 0 Å². The second-order valence-electron chi connectivity index (χ2n) is 12.0. The van der Waals surface area contributed by atoms with Crippen molar-refractivity contribution in [1.82, 2.24) is 24.8 Å². The van der Waals surface area contributed by atoms with Crippen molar-refractivity contribution < 1.29 is 23.9 Å². The Morgan fingerprint density at radius 1 is 0.978 bits per heavy atom. The molecule has 236 valence electrons. The molecule has 3 heterocycles. The van der Waals surface area contributed by atoms with Gasteiger partial charge in [-0.2, -0.15) is 0 Å². The number of fused-ring (bicyclic) bond motifs is 1. The minimum absolute atomic E-state index is 0.0317. The molecule has 4 aromatic rings. The van der Waals surface area contributed by atoms with E-state index < -0.39 is 17.6 Å². The van der Waals surface area contributed by atoms with Crippen molar-refractivity contribution in [3.8, 4) is 11.4 Å². The summed E-state index contributed by atoms with van der Waals surface area (Å²) in [6.07, 6.45) is 1.84. The van der Waals surface area contributed by atoms with E-state index in [1.54, 1.807) is 29.6 Å². The normalized spacial score (nSPS) is 13.5. The Kier molecular flexibility index (Phi) is 9.77. The van der Waals surface area contributed by atoms with Gasteiger partial charge < -0.3 is 20.1 Å². The van der Waals surface area contributed by atoms with E-state index in [2.05, 4.69) is 15.5 Å². The number of aromatic nitrogens is 3. The minimum atomic E-state index is -0.602. The molecule has 0 saturated carbocycles. The van der Waals surface area contributed by atoms with Gasteiger partial charge in [-0.25, -0.2) is 14.3 Å². The molecule has 2 aromatic carbocycles. The monoisotopic (exact) mass is 612 g/mol. The third-order valence-corrected chi connectivity index (χ3v) is 7.31. The molecule has 2 aromatic heterocycles. The highest BCUT2D eigenvalue weighted by atomic mass is 16.6. The fraction of sp³-hybridized carbons (Fsp3) is 0.382. The molecule has 2 amide bonds. The molecule has 0 radical (unpaired) electrons. The van der Waals surface area contributed by atoms with Crippen LogP contribution in [0.4, 0.5) is 10.5 Å². The summed E-state index contributed by atoms with van der Waals surface area (Å²) in [7, 11) is 0. The molecule has 1 saturated heterocycles. The summed E-state index contributed by atoms with van der Waals surface area (Å²) in [5.74, 6) is -0.427. The maximum Gasteiger partial charge on any atom is 0.407 e. The number of amides is 2. The van der Waals surface area contributed by atoms with E-state index in [9.17, 15) is 14.4 Å². The van der Waals surface area contributed by atoms with Crippen molar-refractivity contribution in [2.24, 2.45) is 0 Å². The van der Waals surface area contributed by atoms with Crippen LogP contribution in [-0.2, 0) is 33.8 Å². The second kappa shape index (κ2) is 13.9. The van der Waals surface area contributed by atoms with Crippen molar-refractivity contribution >= 4 is 29.2 Å². The van der Waals surface area contributed by atoms with Gasteiger partial charge in [0.1, 0.15) is 5.60 Å². The van der Waals surface area contributed by atoms with Gasteiger partial charge in [0.15, 0.2) is 11.5 Å². The molecule has 1 aliphatic heterocycles. The number of carbonyl (C=O) groups excluding carboxylic acids is 3. The summed E-state index contributed by atoms with van der Waals surface area (Å²) in [5, 5.41) is 10.6. The number of anilines is 1. The molecule has 11 heteroatoms. The number of nitrogens with one attached hydrogen (secondary N) is 2. The van der Waals surface area contributed by atoms with Crippen LogP contribution in [0.25, 0.3) is 16.9 Å². The van der Waals surface area contributed by atoms with Crippen LogP contribution < -0.4 is 10.6 Å². The molecule has 2 N–H and O–H groups in total. The number of alkyl carbamates (subject to hydrolysis) is 1. The fourth-order valence-corrected chi connectivity index (χ4v) is 5.28. The third-order valence-electron chi connectivity index (χ3n) is 7.31. The van der Waals surface area contributed by atoms with Gasteiger partial charge in [-0.1, -0.05) is 36.4 Å². The van der Waals surface area contributed by atoms with Crippen LogP contribution >= 0.6 is 0 Å². The maximum atomic E-state index is 13.9. The zero-order valence-electron chi connectivity index (χ0n) is 26.3. The first-order chi connectivity index (χ1) is 21.6. The Bertz CT molecular complexity index is 1690. The molecule has 1 aliphatic rings. The molecular formula is C34H40N6O5. The van der Waals surface area contributed by atoms with Gasteiger partial charge in [-0.15, -0.1) is 5.10 Å². The number of carbonyl (C=O) groups is 3. The Hall–Kier alpha value is -4.77. The zero-order valence-corrected chi connectivity index (χ0v) is 26.3. The Balaban J connectivity index is 1.48. The summed E-state index contributed by atoms with van der Waals surface area (Å²) in [4.78, 5) is 45.5. The van der Waals surface area contributed by atoms with Crippen LogP contribution in [0.1, 0.15) is 67.8 Å². The molecular weight excluding hydrogens is 572 g/mol. The highest BCUT2D eigenvalue weighted by molar-refractivity contribution is 6.08. The van der Waals surface area contributed by atoms with E-state index in [1.165, 1.54) is 0 Å². The van der Waals surface area contributed by atoms with Gasteiger partial charge >= 0.3 is 12.1 Å². The average Bonchev–Trinajstić information content (AvgIpc) is 3.66. The lowest BCUT2D eigenvalue weighted by Crippen LogP contribution is -2.32. The molecule has 5 rings (SSSR count). The lowest BCUT2D eigenvalue weighted by Gasteiger charge is -2.19. The molecule has 45 heavy (non-hydrogen) atoms. The first-order valence-electron chi connectivity index (χ1n) is 15.3. The van der Waals surface area contributed by atoms with Crippen LogP contribution in [0.3, 0.4) is 0 Å². The third kappa shape index (κ3) is 8.24. The number of likely N-dealkylation sites (tertiary alicyclic amines) is 1. The summed E-state index contributed by atoms with van der Waals surface area (Å²) < 4.78 is 12.3. The largest absolute Gasteiger partial charge is 0.466 e. The summed E-state index contributed by atoms with van der Waals surface area (Å²) >= 11 is 0. The number of esters is 1. The van der Waals surface area contributed by atoms with Crippen molar-refractivity contribution in [3.05, 3.63) is 83.2 Å². The van der Waals surface area contributed by atoms with E-state index >= 15 is 0 Å². The quantitative estimate of drug-likeness (QED) is 0.229. The molecule has 0 atom stereocenters. The molecule has 0 unspecified atom stereocenters. The van der Waals surface area contributed by atoms with Gasteiger partial charge in [0, 0.05) is 24.3 Å². The minimum Gasteiger partial charge on any atom is -0.466 e. The molecule has 0 aliphatic carbocycles. The number of hydrogen-bond acceptors (Lipinski definition) is 8. The Morgan fingerprint density at radius 2 is 1.76 bits per heavy atom. The predicted octanol–water partition coefficient (Wildman–Crippen LogP) is 5.37. The van der Waals surface area contributed by atoms with Gasteiger partial charge in [0.2, 0.25) is 0 Å². The van der Waals surface area contributed by atoms with Crippen molar-refractivity contribution in [2.45, 2.75) is 65.6 Å². The zero-order chi connectivity index (χ0) is 32.0. The second-order valence-corrected chi connectivity index (χ2v) is 12.0. The lowest BCUT2D eigenvalue weighted by molar-refractivity contribution is -0.142. The van der Waals surface area contributed by atoms with Crippen molar-refractivity contribution in [2.75, 3.05) is 25.0 Å². The standard InChI is InChI=1S/C34H40N6O5/c1-5-44-29(41)20-24-12-6-7-14-27(24)36-32(42)30-28-16-15-26(22-39-17-8-9-18-39)40(28)38-31(37-30)25-13-10-11-23(19-25)21-35-33(43)45-34(2,3)4/h6-7,10-16,19H,5,8-9,17-18,20-22H2,1-4H3,(H,35,43)(H,36,42). The maximum absolute atomic E-state index is 13.9. The smallest absolute Gasteiger partial charge is 0.407 e. The van der Waals surface area contributed by atoms with Gasteiger partial charge in [0.05, 0.1) is 24.2 Å². The van der Waals surface area contributed by atoms with Crippen LogP contribution in [0.5, 0.6) is 0 Å². The molecule has 0 bridgehead atoms. The van der Waals surface area contributed by atoms with E-state index in [4.69, 9.17) is 19.6 Å². The number of rotatable bonds is 10. The lowest BCUT2D eigenvalue weighted by atomic mass is 10.1. The van der Waals surface area contributed by atoms with Crippen LogP contribution in [0.15, 0.2) is 60.7 Å². The first kappa shape index (κ1) is 31.6. The van der Waals surface area contributed by atoms with Crippen LogP contribution in [-0.4, -0.2) is 62.8 Å². The Morgan fingerprint density at radius 3 is 2.51 bits per heavy atom. The number of hydrogen-bond donors (Lipinski definition) is 2. The molecule has 1 fully saturated rings. The number of ether oxygens (including phenoxy) is 2. The Labute approximate surface area is 262 Å². The van der Waals surface area contributed by atoms with E-state index in [0.717, 1.165) is 37.2 Å². The van der Waals surface area contributed by atoms with E-state index in [-0.39, 0.29) is 31.2 Å². The van der Waals surface area contributed by atoms with Gasteiger partial charge in [-0.05, 0) is 89.0 Å². The summed E-state index contributed by atoms with van der Waals surface area (Å²) in [5.41, 5.74) is 3.80. The van der Waals surface area contributed by atoms with E-state index in [1.807, 2.05) is 63.2 Å². The SMILES string of the molecule is CCOC(=O)Cc1ccccc1NC(=O)c1nc(-c2cccc(CNC(=O)OC(C)(C)C)c2)nn2c(CN3CCCC3)ccc12. The van der Waals surface area contributed by atoms with Crippen molar-refractivity contribution in [1.29, 1.82) is 0 Å². The molecule has 0 spiro atoms. The van der Waals surface area contributed by atoms with Crippen molar-refractivity contribution in [3.63, 3.8) is 0 Å². The van der Waals surface area contributed by atoms with Gasteiger partial charge in [0.25, 0.3) is 5.91 Å². The average molecular weight is 613 g/mol. The van der Waals surface area contributed by atoms with Gasteiger partial charge in [-0.3, -0.25) is 14.5 Å². The van der Waals surface area contributed by atoms with Crippen LogP contribution in [0.2, 0.25) is 0 Å². The number of nitrogens with zero attached hydrogens (tertiary/aromatic N) is 4. The number of para-hydroxylation sites is 1. The number of benzene rings is 2. The highest BCUT2D eigenvalue weighted by Crippen LogP contribution is 2.24. The summed E-state index contributed by atoms with van der Waals surface area (Å²) in [6.45, 7) is 10.5. The highest BCUT2D eigenvalue weighted by Gasteiger charge is 2.22. The van der Waals surface area contributed by atoms with E-state index in [0.29, 0.717) is 34.7 Å². The summed E-state index contributed by atoms with van der Waals surface area (Å²) in [6, 6.07) is 18.5.